The summed E-state index contributed by atoms with van der Waals surface area (Å²) in [5.41, 5.74) is 8.84. The first-order chi connectivity index (χ1) is 11.1. The van der Waals surface area contributed by atoms with Crippen LogP contribution in [0.15, 0.2) is 29.6 Å². The number of carbonyl (C=O) groups is 1. The number of rotatable bonds is 8. The zero-order chi connectivity index (χ0) is 16.7. The van der Waals surface area contributed by atoms with Gasteiger partial charge in [0.1, 0.15) is 5.01 Å². The molecule has 0 aliphatic carbocycles. The Kier molecular flexibility index (Phi) is 11.7. The molecular weight excluding hydrogens is 377 g/mol. The molecule has 0 spiro atoms. The number of aryl methyl sites for hydroxylation is 1. The van der Waals surface area contributed by atoms with E-state index in [1.165, 1.54) is 5.56 Å². The predicted molar refractivity (Wildman–Crippen MR) is 111 cm³/mol. The van der Waals surface area contributed by atoms with Gasteiger partial charge in [0.25, 0.3) is 0 Å². The Morgan fingerprint density at radius 1 is 1.36 bits per heavy atom. The van der Waals surface area contributed by atoms with Crippen LogP contribution in [0, 0.1) is 6.92 Å². The molecule has 3 N–H and O–H groups in total. The van der Waals surface area contributed by atoms with Gasteiger partial charge >= 0.3 is 0 Å². The number of nitrogens with two attached hydrogens (primary N) is 1. The van der Waals surface area contributed by atoms with Gasteiger partial charge in [-0.3, -0.25) is 4.79 Å². The van der Waals surface area contributed by atoms with E-state index in [0.717, 1.165) is 35.5 Å². The largest absolute Gasteiger partial charge is 0.352 e. The van der Waals surface area contributed by atoms with E-state index in [1.807, 2.05) is 17.5 Å². The first kappa shape index (κ1) is 23.9. The van der Waals surface area contributed by atoms with E-state index in [9.17, 15) is 4.79 Å². The van der Waals surface area contributed by atoms with Gasteiger partial charge in [0.05, 0.1) is 12.1 Å². The lowest BCUT2D eigenvalue weighted by atomic mass is 10.1. The highest BCUT2D eigenvalue weighted by atomic mass is 35.5. The Labute approximate surface area is 166 Å². The predicted octanol–water partition coefficient (Wildman–Crippen LogP) is 4.14. The SMILES string of the molecule is CCCCC(CN)NC(=O)Cc1csc(-c2cccc(C)c2)n1.Cl.Cl. The fraction of sp³-hybridized carbons (Fsp3) is 0.444. The maximum Gasteiger partial charge on any atom is 0.226 e. The lowest BCUT2D eigenvalue weighted by molar-refractivity contribution is -0.121. The van der Waals surface area contributed by atoms with Crippen molar-refractivity contribution >= 4 is 42.1 Å². The van der Waals surface area contributed by atoms with Crippen molar-refractivity contribution in [1.82, 2.24) is 10.3 Å². The van der Waals surface area contributed by atoms with Crippen LogP contribution in [0.1, 0.15) is 37.4 Å². The third-order valence-electron chi connectivity index (χ3n) is 3.71. The van der Waals surface area contributed by atoms with Gasteiger partial charge in [-0.25, -0.2) is 4.98 Å². The van der Waals surface area contributed by atoms with Crippen LogP contribution >= 0.6 is 36.2 Å². The van der Waals surface area contributed by atoms with Gasteiger partial charge < -0.3 is 11.1 Å². The van der Waals surface area contributed by atoms with Crippen LogP contribution in [0.4, 0.5) is 0 Å². The first-order valence-corrected chi connectivity index (χ1v) is 9.01. The Bertz CT molecular complexity index is 649. The van der Waals surface area contributed by atoms with Gasteiger partial charge in [-0.05, 0) is 19.4 Å². The van der Waals surface area contributed by atoms with E-state index in [-0.39, 0.29) is 36.8 Å². The van der Waals surface area contributed by atoms with Gasteiger partial charge in [-0.15, -0.1) is 36.2 Å². The molecule has 140 valence electrons. The highest BCUT2D eigenvalue weighted by Gasteiger charge is 2.13. The smallest absolute Gasteiger partial charge is 0.226 e. The molecule has 25 heavy (non-hydrogen) atoms. The normalized spacial score (nSPS) is 11.2. The Hall–Kier alpha value is -1.14. The number of nitrogens with one attached hydrogen (secondary N) is 1. The van der Waals surface area contributed by atoms with Crippen molar-refractivity contribution in [1.29, 1.82) is 0 Å². The van der Waals surface area contributed by atoms with Crippen LogP contribution in [-0.2, 0) is 11.2 Å². The second kappa shape index (κ2) is 12.3. The highest BCUT2D eigenvalue weighted by molar-refractivity contribution is 7.13. The molecule has 0 saturated heterocycles. The van der Waals surface area contributed by atoms with E-state index in [4.69, 9.17) is 5.73 Å². The zero-order valence-corrected chi connectivity index (χ0v) is 17.1. The molecule has 2 rings (SSSR count). The summed E-state index contributed by atoms with van der Waals surface area (Å²) in [4.78, 5) is 16.7. The monoisotopic (exact) mass is 403 g/mol. The molecule has 1 aromatic heterocycles. The lowest BCUT2D eigenvalue weighted by Crippen LogP contribution is -2.40. The van der Waals surface area contributed by atoms with E-state index >= 15 is 0 Å². The van der Waals surface area contributed by atoms with Gasteiger partial charge in [-0.1, -0.05) is 43.5 Å². The van der Waals surface area contributed by atoms with Crippen LogP contribution < -0.4 is 11.1 Å². The van der Waals surface area contributed by atoms with Crippen LogP contribution in [0.25, 0.3) is 10.6 Å². The third kappa shape index (κ3) is 7.74. The molecule has 7 heteroatoms. The summed E-state index contributed by atoms with van der Waals surface area (Å²) >= 11 is 1.58. The number of carbonyl (C=O) groups excluding carboxylic acids is 1. The lowest BCUT2D eigenvalue weighted by Gasteiger charge is -2.15. The van der Waals surface area contributed by atoms with Crippen LogP contribution in [0.2, 0.25) is 0 Å². The minimum absolute atomic E-state index is 0. The summed E-state index contributed by atoms with van der Waals surface area (Å²) in [6.07, 6.45) is 3.43. The van der Waals surface area contributed by atoms with Crippen molar-refractivity contribution in [3.8, 4) is 10.6 Å². The van der Waals surface area contributed by atoms with Crippen LogP contribution in [0.5, 0.6) is 0 Å². The fourth-order valence-corrected chi connectivity index (χ4v) is 3.26. The van der Waals surface area contributed by atoms with Crippen LogP contribution in [-0.4, -0.2) is 23.5 Å². The van der Waals surface area contributed by atoms with Gasteiger partial charge in [-0.2, -0.15) is 0 Å². The number of thiazole rings is 1. The minimum Gasteiger partial charge on any atom is -0.352 e. The van der Waals surface area contributed by atoms with Crippen molar-refractivity contribution in [3.63, 3.8) is 0 Å². The summed E-state index contributed by atoms with van der Waals surface area (Å²) in [6, 6.07) is 8.31. The highest BCUT2D eigenvalue weighted by Crippen LogP contribution is 2.24. The van der Waals surface area contributed by atoms with E-state index in [2.05, 4.69) is 36.3 Å². The molecule has 0 fully saturated rings. The zero-order valence-electron chi connectivity index (χ0n) is 14.7. The summed E-state index contributed by atoms with van der Waals surface area (Å²) in [7, 11) is 0. The maximum absolute atomic E-state index is 12.1. The average molecular weight is 404 g/mol. The molecule has 4 nitrogen and oxygen atoms in total. The molecule has 1 unspecified atom stereocenters. The van der Waals surface area contributed by atoms with E-state index in [0.29, 0.717) is 13.0 Å². The maximum atomic E-state index is 12.1. The summed E-state index contributed by atoms with van der Waals surface area (Å²) in [5.74, 6) is -0.00218. The number of nitrogens with zero attached hydrogens (tertiary/aromatic N) is 1. The molecule has 1 heterocycles. The number of hydrogen-bond donors (Lipinski definition) is 2. The van der Waals surface area contributed by atoms with Gasteiger partial charge in [0.2, 0.25) is 5.91 Å². The number of amides is 1. The number of unbranched alkanes of at least 4 members (excludes halogenated alkanes) is 1. The molecule has 0 saturated carbocycles. The number of benzene rings is 1. The number of aromatic nitrogens is 1. The molecule has 0 bridgehead atoms. The topological polar surface area (TPSA) is 68.0 Å². The second-order valence-corrected chi connectivity index (χ2v) is 6.69. The quantitative estimate of drug-likeness (QED) is 0.695. The average Bonchev–Trinajstić information content (AvgIpc) is 2.99. The van der Waals surface area contributed by atoms with Crippen molar-refractivity contribution < 1.29 is 4.79 Å². The first-order valence-electron chi connectivity index (χ1n) is 8.13. The molecule has 0 aliphatic rings. The number of hydrogen-bond acceptors (Lipinski definition) is 4. The molecule has 2 aromatic rings. The number of halogens is 2. The van der Waals surface area contributed by atoms with E-state index < -0.39 is 0 Å². The molecule has 0 radical (unpaired) electrons. The summed E-state index contributed by atoms with van der Waals surface area (Å²) in [6.45, 7) is 4.68. The molecule has 1 amide bonds. The minimum atomic E-state index is -0.00218. The molecular formula is C18H27Cl2N3OS. The second-order valence-electron chi connectivity index (χ2n) is 5.83. The van der Waals surface area contributed by atoms with Crippen molar-refractivity contribution in [2.75, 3.05) is 6.54 Å². The third-order valence-corrected chi connectivity index (χ3v) is 4.65. The van der Waals surface area contributed by atoms with Crippen molar-refractivity contribution in [3.05, 3.63) is 40.9 Å². The summed E-state index contributed by atoms with van der Waals surface area (Å²) in [5, 5.41) is 5.92. The molecule has 0 aliphatic heterocycles. The summed E-state index contributed by atoms with van der Waals surface area (Å²) < 4.78 is 0. The van der Waals surface area contributed by atoms with E-state index in [1.54, 1.807) is 11.3 Å². The van der Waals surface area contributed by atoms with Crippen molar-refractivity contribution in [2.45, 2.75) is 45.6 Å². The molecule has 1 aromatic carbocycles. The standard InChI is InChI=1S/C18H25N3OS.2ClH/c1-3-4-8-15(11-19)20-17(22)10-16-12-23-18(21-16)14-7-5-6-13(2)9-14;;/h5-7,9,12,15H,3-4,8,10-11,19H2,1-2H3,(H,20,22);2*1H. The fourth-order valence-electron chi connectivity index (χ4n) is 2.44. The van der Waals surface area contributed by atoms with Crippen LogP contribution in [0.3, 0.4) is 0 Å². The Morgan fingerprint density at radius 2 is 2.12 bits per heavy atom. The van der Waals surface area contributed by atoms with Gasteiger partial charge in [0, 0.05) is 23.5 Å². The Balaban J connectivity index is 0.00000288. The molecule has 1 atom stereocenters. The van der Waals surface area contributed by atoms with Gasteiger partial charge in [0.15, 0.2) is 0 Å². The Morgan fingerprint density at radius 3 is 2.76 bits per heavy atom. The van der Waals surface area contributed by atoms with Crippen molar-refractivity contribution in [2.24, 2.45) is 5.73 Å².